The SMILES string of the molecule is CC1CCCC(NC(=O)C2CCN(C(=O)Nc3ccccc3)CC2)C1C. The monoisotopic (exact) mass is 357 g/mol. The summed E-state index contributed by atoms with van der Waals surface area (Å²) >= 11 is 0. The molecule has 3 rings (SSSR count). The van der Waals surface area contributed by atoms with Crippen LogP contribution in [0.25, 0.3) is 0 Å². The minimum Gasteiger partial charge on any atom is -0.353 e. The molecule has 1 saturated carbocycles. The molecule has 0 bridgehead atoms. The summed E-state index contributed by atoms with van der Waals surface area (Å²) in [5.74, 6) is 1.43. The fourth-order valence-corrected chi connectivity index (χ4v) is 4.16. The van der Waals surface area contributed by atoms with E-state index in [1.165, 1.54) is 12.8 Å². The maximum Gasteiger partial charge on any atom is 0.321 e. The van der Waals surface area contributed by atoms with Crippen LogP contribution >= 0.6 is 0 Å². The van der Waals surface area contributed by atoms with E-state index in [4.69, 9.17) is 0 Å². The van der Waals surface area contributed by atoms with Crippen molar-refractivity contribution >= 4 is 17.6 Å². The largest absolute Gasteiger partial charge is 0.353 e. The van der Waals surface area contributed by atoms with Crippen molar-refractivity contribution in [2.75, 3.05) is 18.4 Å². The molecule has 1 aromatic carbocycles. The summed E-state index contributed by atoms with van der Waals surface area (Å²) in [4.78, 5) is 26.8. The van der Waals surface area contributed by atoms with Gasteiger partial charge in [0.15, 0.2) is 0 Å². The fourth-order valence-electron chi connectivity index (χ4n) is 4.16. The highest BCUT2D eigenvalue weighted by Gasteiger charge is 2.32. The van der Waals surface area contributed by atoms with Gasteiger partial charge in [-0.1, -0.05) is 44.9 Å². The third-order valence-electron chi connectivity index (χ3n) is 6.21. The van der Waals surface area contributed by atoms with Crippen LogP contribution in [0.15, 0.2) is 30.3 Å². The lowest BCUT2D eigenvalue weighted by Gasteiger charge is -2.37. The molecule has 5 heteroatoms. The lowest BCUT2D eigenvalue weighted by molar-refractivity contribution is -0.127. The molecule has 0 aromatic heterocycles. The highest BCUT2D eigenvalue weighted by Crippen LogP contribution is 2.30. The minimum absolute atomic E-state index is 0.0280. The van der Waals surface area contributed by atoms with Crippen LogP contribution in [0.3, 0.4) is 0 Å². The number of hydrogen-bond acceptors (Lipinski definition) is 2. The predicted molar refractivity (Wildman–Crippen MR) is 104 cm³/mol. The molecule has 5 nitrogen and oxygen atoms in total. The van der Waals surface area contributed by atoms with Gasteiger partial charge in [0.25, 0.3) is 0 Å². The molecule has 26 heavy (non-hydrogen) atoms. The number of piperidine rings is 1. The summed E-state index contributed by atoms with van der Waals surface area (Å²) in [7, 11) is 0. The third kappa shape index (κ3) is 4.57. The second-order valence-corrected chi connectivity index (χ2v) is 7.94. The van der Waals surface area contributed by atoms with E-state index in [-0.39, 0.29) is 17.9 Å². The first-order valence-electron chi connectivity index (χ1n) is 9.96. The summed E-state index contributed by atoms with van der Waals surface area (Å²) in [5.41, 5.74) is 0.803. The summed E-state index contributed by atoms with van der Waals surface area (Å²) in [6.45, 7) is 5.80. The zero-order valence-electron chi connectivity index (χ0n) is 15.9. The second-order valence-electron chi connectivity index (χ2n) is 7.94. The molecule has 2 aliphatic rings. The van der Waals surface area contributed by atoms with Crippen LogP contribution in [0.2, 0.25) is 0 Å². The Morgan fingerprint density at radius 2 is 1.69 bits per heavy atom. The first-order valence-corrected chi connectivity index (χ1v) is 9.96. The van der Waals surface area contributed by atoms with Crippen LogP contribution < -0.4 is 10.6 Å². The van der Waals surface area contributed by atoms with E-state index in [1.807, 2.05) is 35.2 Å². The Hall–Kier alpha value is -2.04. The minimum atomic E-state index is -0.0789. The number of rotatable bonds is 3. The number of nitrogens with zero attached hydrogens (tertiary/aromatic N) is 1. The van der Waals surface area contributed by atoms with Crippen molar-refractivity contribution in [2.24, 2.45) is 17.8 Å². The zero-order chi connectivity index (χ0) is 18.5. The molecule has 2 fully saturated rings. The molecule has 1 saturated heterocycles. The van der Waals surface area contributed by atoms with Gasteiger partial charge in [0, 0.05) is 30.7 Å². The number of urea groups is 1. The van der Waals surface area contributed by atoms with Crippen LogP contribution in [0.4, 0.5) is 10.5 Å². The van der Waals surface area contributed by atoms with Crippen molar-refractivity contribution in [3.05, 3.63) is 30.3 Å². The second kappa shape index (κ2) is 8.56. The predicted octanol–water partition coefficient (Wildman–Crippen LogP) is 3.87. The normalized spacial score (nSPS) is 27.0. The smallest absolute Gasteiger partial charge is 0.321 e. The quantitative estimate of drug-likeness (QED) is 0.862. The molecular weight excluding hydrogens is 326 g/mol. The highest BCUT2D eigenvalue weighted by atomic mass is 16.2. The Morgan fingerprint density at radius 1 is 1.00 bits per heavy atom. The number of amides is 3. The van der Waals surface area contributed by atoms with Gasteiger partial charge >= 0.3 is 6.03 Å². The van der Waals surface area contributed by atoms with E-state index in [0.717, 1.165) is 24.9 Å². The number of carbonyl (C=O) groups excluding carboxylic acids is 2. The maximum absolute atomic E-state index is 12.7. The summed E-state index contributed by atoms with van der Waals surface area (Å²) in [5, 5.41) is 6.21. The number of benzene rings is 1. The number of para-hydroxylation sites is 1. The van der Waals surface area contributed by atoms with Gasteiger partial charge in [-0.2, -0.15) is 0 Å². The number of hydrogen-bond donors (Lipinski definition) is 2. The Balaban J connectivity index is 1.45. The molecule has 1 heterocycles. The van der Waals surface area contributed by atoms with E-state index >= 15 is 0 Å². The molecule has 0 radical (unpaired) electrons. The van der Waals surface area contributed by atoms with Crippen molar-refractivity contribution in [2.45, 2.75) is 52.0 Å². The maximum atomic E-state index is 12.7. The summed E-state index contributed by atoms with van der Waals surface area (Å²) in [6.07, 6.45) is 5.04. The van der Waals surface area contributed by atoms with Crippen LogP contribution in [-0.2, 0) is 4.79 Å². The van der Waals surface area contributed by atoms with Crippen molar-refractivity contribution in [1.82, 2.24) is 10.2 Å². The Bertz CT molecular complexity index is 611. The molecule has 3 atom stereocenters. The highest BCUT2D eigenvalue weighted by molar-refractivity contribution is 5.89. The molecule has 3 amide bonds. The van der Waals surface area contributed by atoms with E-state index in [0.29, 0.717) is 31.0 Å². The van der Waals surface area contributed by atoms with Gasteiger partial charge in [-0.15, -0.1) is 0 Å². The molecule has 1 aliphatic heterocycles. The summed E-state index contributed by atoms with van der Waals surface area (Å²) in [6, 6.07) is 9.72. The third-order valence-corrected chi connectivity index (χ3v) is 6.21. The van der Waals surface area contributed by atoms with E-state index in [1.54, 1.807) is 0 Å². The molecule has 3 unspecified atom stereocenters. The Labute approximate surface area is 156 Å². The molecule has 0 spiro atoms. The van der Waals surface area contributed by atoms with Gasteiger partial charge in [0.1, 0.15) is 0 Å². The van der Waals surface area contributed by atoms with E-state index in [2.05, 4.69) is 24.5 Å². The lowest BCUT2D eigenvalue weighted by atomic mass is 9.78. The van der Waals surface area contributed by atoms with Crippen molar-refractivity contribution < 1.29 is 9.59 Å². The Kier molecular flexibility index (Phi) is 6.17. The molecular formula is C21H31N3O2. The molecule has 1 aliphatic carbocycles. The average Bonchev–Trinajstić information content (AvgIpc) is 2.66. The van der Waals surface area contributed by atoms with Crippen LogP contribution in [-0.4, -0.2) is 36.0 Å². The molecule has 2 N–H and O–H groups in total. The van der Waals surface area contributed by atoms with Crippen LogP contribution in [0.5, 0.6) is 0 Å². The van der Waals surface area contributed by atoms with Crippen molar-refractivity contribution in [3.63, 3.8) is 0 Å². The number of likely N-dealkylation sites (tertiary alicyclic amines) is 1. The lowest BCUT2D eigenvalue weighted by Crippen LogP contribution is -2.49. The van der Waals surface area contributed by atoms with Gasteiger partial charge in [-0.05, 0) is 43.2 Å². The molecule has 142 valence electrons. The van der Waals surface area contributed by atoms with Gasteiger partial charge < -0.3 is 15.5 Å². The average molecular weight is 357 g/mol. The van der Waals surface area contributed by atoms with Gasteiger partial charge in [-0.3, -0.25) is 4.79 Å². The Morgan fingerprint density at radius 3 is 2.38 bits per heavy atom. The van der Waals surface area contributed by atoms with Crippen molar-refractivity contribution in [1.29, 1.82) is 0 Å². The summed E-state index contributed by atoms with van der Waals surface area (Å²) < 4.78 is 0. The number of nitrogens with one attached hydrogen (secondary N) is 2. The first-order chi connectivity index (χ1) is 12.5. The van der Waals surface area contributed by atoms with Gasteiger partial charge in [0.05, 0.1) is 0 Å². The molecule has 1 aromatic rings. The van der Waals surface area contributed by atoms with Crippen LogP contribution in [0.1, 0.15) is 46.0 Å². The zero-order valence-corrected chi connectivity index (χ0v) is 15.9. The van der Waals surface area contributed by atoms with Gasteiger partial charge in [-0.25, -0.2) is 4.79 Å². The standard InChI is InChI=1S/C21H31N3O2/c1-15-7-6-10-19(16(15)2)23-20(25)17-11-13-24(14-12-17)21(26)22-18-8-4-3-5-9-18/h3-5,8-9,15-17,19H,6-7,10-14H2,1-2H3,(H,22,26)(H,23,25). The fraction of sp³-hybridized carbons (Fsp3) is 0.619. The topological polar surface area (TPSA) is 61.4 Å². The van der Waals surface area contributed by atoms with Crippen LogP contribution in [0, 0.1) is 17.8 Å². The number of anilines is 1. The van der Waals surface area contributed by atoms with Gasteiger partial charge in [0.2, 0.25) is 5.91 Å². The first kappa shape index (κ1) is 18.7. The van der Waals surface area contributed by atoms with E-state index in [9.17, 15) is 9.59 Å². The number of carbonyl (C=O) groups is 2. The van der Waals surface area contributed by atoms with Crippen molar-refractivity contribution in [3.8, 4) is 0 Å². The van der Waals surface area contributed by atoms with E-state index < -0.39 is 0 Å².